The van der Waals surface area contributed by atoms with Crippen molar-refractivity contribution in [2.75, 3.05) is 5.43 Å². The van der Waals surface area contributed by atoms with Gasteiger partial charge in [-0.2, -0.15) is 0 Å². The fourth-order valence-electron chi connectivity index (χ4n) is 1.81. The average molecular weight is 242 g/mol. The first kappa shape index (κ1) is 12.5. The molecule has 1 heterocycles. The van der Waals surface area contributed by atoms with Crippen LogP contribution in [-0.4, -0.2) is 9.97 Å². The van der Waals surface area contributed by atoms with Gasteiger partial charge in [0.2, 0.25) is 0 Å². The van der Waals surface area contributed by atoms with Gasteiger partial charge in [0, 0.05) is 17.0 Å². The quantitative estimate of drug-likeness (QED) is 0.641. The molecule has 94 valence electrons. The Labute approximate surface area is 107 Å². The number of nitrogens with zero attached hydrogens (tertiary/aromatic N) is 2. The van der Waals surface area contributed by atoms with E-state index in [1.807, 2.05) is 37.3 Å². The fraction of sp³-hybridized carbons (Fsp3) is 0.286. The van der Waals surface area contributed by atoms with Gasteiger partial charge in [-0.05, 0) is 6.92 Å². The lowest BCUT2D eigenvalue weighted by atomic mass is 10.1. The third-order valence-electron chi connectivity index (χ3n) is 2.86. The van der Waals surface area contributed by atoms with E-state index in [1.54, 1.807) is 0 Å². The van der Waals surface area contributed by atoms with Crippen molar-refractivity contribution in [3.8, 4) is 11.3 Å². The van der Waals surface area contributed by atoms with Crippen LogP contribution in [0.2, 0.25) is 0 Å². The predicted octanol–water partition coefficient (Wildman–Crippen LogP) is 2.86. The van der Waals surface area contributed by atoms with Crippen LogP contribution in [0.4, 0.5) is 5.82 Å². The molecule has 0 fully saturated rings. The molecular formula is C14H18N4. The highest BCUT2D eigenvalue weighted by molar-refractivity contribution is 5.67. The lowest BCUT2D eigenvalue weighted by molar-refractivity contribution is 0.774. The Balaban J connectivity index is 2.62. The van der Waals surface area contributed by atoms with Gasteiger partial charge in [0.25, 0.3) is 0 Å². The molecule has 2 rings (SSSR count). The standard InChI is InChI=1S/C14H18N4/c1-9(2)13-16-12(10(3)14(17-13)18-15)11-7-5-4-6-8-11/h4-9H,15H2,1-3H3,(H,16,17,18). The SMILES string of the molecule is Cc1c(NN)nc(C(C)C)nc1-c1ccccc1. The van der Waals surface area contributed by atoms with Gasteiger partial charge in [-0.1, -0.05) is 44.2 Å². The predicted molar refractivity (Wildman–Crippen MR) is 74.1 cm³/mol. The Morgan fingerprint density at radius 3 is 2.33 bits per heavy atom. The molecule has 1 aromatic carbocycles. The molecule has 0 aliphatic rings. The van der Waals surface area contributed by atoms with Gasteiger partial charge < -0.3 is 5.43 Å². The largest absolute Gasteiger partial charge is 0.308 e. The van der Waals surface area contributed by atoms with Crippen molar-refractivity contribution in [3.63, 3.8) is 0 Å². The van der Waals surface area contributed by atoms with Crippen LogP contribution in [0.3, 0.4) is 0 Å². The molecule has 3 N–H and O–H groups in total. The van der Waals surface area contributed by atoms with Gasteiger partial charge in [0.15, 0.2) is 0 Å². The summed E-state index contributed by atoms with van der Waals surface area (Å²) < 4.78 is 0. The first-order chi connectivity index (χ1) is 8.63. The van der Waals surface area contributed by atoms with Crippen LogP contribution in [0.25, 0.3) is 11.3 Å². The molecular weight excluding hydrogens is 224 g/mol. The zero-order valence-corrected chi connectivity index (χ0v) is 10.9. The molecule has 0 aliphatic heterocycles. The highest BCUT2D eigenvalue weighted by Gasteiger charge is 2.13. The number of hydrogen-bond acceptors (Lipinski definition) is 4. The summed E-state index contributed by atoms with van der Waals surface area (Å²) in [6.07, 6.45) is 0. The summed E-state index contributed by atoms with van der Waals surface area (Å²) in [7, 11) is 0. The number of nitrogens with two attached hydrogens (primary N) is 1. The second-order valence-corrected chi connectivity index (χ2v) is 4.57. The number of nitrogens with one attached hydrogen (secondary N) is 1. The van der Waals surface area contributed by atoms with Gasteiger partial charge in [-0.25, -0.2) is 15.8 Å². The molecule has 0 saturated heterocycles. The molecule has 0 amide bonds. The van der Waals surface area contributed by atoms with Crippen molar-refractivity contribution in [1.82, 2.24) is 9.97 Å². The zero-order chi connectivity index (χ0) is 13.1. The summed E-state index contributed by atoms with van der Waals surface area (Å²) in [5.74, 6) is 7.28. The smallest absolute Gasteiger partial charge is 0.147 e. The molecule has 1 aromatic heterocycles. The second kappa shape index (κ2) is 5.14. The van der Waals surface area contributed by atoms with E-state index in [0.717, 1.165) is 22.6 Å². The van der Waals surface area contributed by atoms with E-state index < -0.39 is 0 Å². The molecule has 0 bridgehead atoms. The second-order valence-electron chi connectivity index (χ2n) is 4.57. The number of anilines is 1. The molecule has 0 spiro atoms. The minimum absolute atomic E-state index is 0.264. The summed E-state index contributed by atoms with van der Waals surface area (Å²) in [6, 6.07) is 10.1. The van der Waals surface area contributed by atoms with E-state index >= 15 is 0 Å². The Hall–Kier alpha value is -1.94. The molecule has 2 aromatic rings. The van der Waals surface area contributed by atoms with Crippen molar-refractivity contribution >= 4 is 5.82 Å². The third kappa shape index (κ3) is 2.33. The van der Waals surface area contributed by atoms with Crippen molar-refractivity contribution in [1.29, 1.82) is 0 Å². The normalized spacial score (nSPS) is 10.7. The molecule has 4 nitrogen and oxygen atoms in total. The summed E-state index contributed by atoms with van der Waals surface area (Å²) in [5.41, 5.74) is 5.63. The Bertz CT molecular complexity index is 535. The average Bonchev–Trinajstić information content (AvgIpc) is 2.39. The lowest BCUT2D eigenvalue weighted by Crippen LogP contribution is -2.13. The summed E-state index contributed by atoms with van der Waals surface area (Å²) in [6.45, 7) is 6.11. The van der Waals surface area contributed by atoms with Crippen molar-refractivity contribution in [3.05, 3.63) is 41.7 Å². The van der Waals surface area contributed by atoms with Gasteiger partial charge in [-0.15, -0.1) is 0 Å². The molecule has 0 atom stereocenters. The van der Waals surface area contributed by atoms with Crippen LogP contribution in [0.1, 0.15) is 31.2 Å². The van der Waals surface area contributed by atoms with Crippen LogP contribution >= 0.6 is 0 Å². The molecule has 0 radical (unpaired) electrons. The van der Waals surface area contributed by atoms with Crippen molar-refractivity contribution in [2.24, 2.45) is 5.84 Å². The van der Waals surface area contributed by atoms with E-state index in [1.165, 1.54) is 0 Å². The molecule has 0 aliphatic carbocycles. The molecule has 0 saturated carbocycles. The van der Waals surface area contributed by atoms with Crippen LogP contribution in [0.15, 0.2) is 30.3 Å². The van der Waals surface area contributed by atoms with Crippen LogP contribution in [0.5, 0.6) is 0 Å². The Kier molecular flexibility index (Phi) is 3.58. The highest BCUT2D eigenvalue weighted by Crippen LogP contribution is 2.26. The molecule has 18 heavy (non-hydrogen) atoms. The fourth-order valence-corrected chi connectivity index (χ4v) is 1.81. The maximum Gasteiger partial charge on any atom is 0.147 e. The molecule has 0 unspecified atom stereocenters. The number of nitrogen functional groups attached to an aromatic ring is 1. The Morgan fingerprint density at radius 2 is 1.78 bits per heavy atom. The van der Waals surface area contributed by atoms with Crippen LogP contribution in [0, 0.1) is 6.92 Å². The highest BCUT2D eigenvalue weighted by atomic mass is 15.3. The van der Waals surface area contributed by atoms with E-state index in [-0.39, 0.29) is 5.92 Å². The third-order valence-corrected chi connectivity index (χ3v) is 2.86. The zero-order valence-electron chi connectivity index (χ0n) is 10.9. The summed E-state index contributed by atoms with van der Waals surface area (Å²) >= 11 is 0. The Morgan fingerprint density at radius 1 is 1.11 bits per heavy atom. The number of hydrogen-bond donors (Lipinski definition) is 2. The van der Waals surface area contributed by atoms with Crippen molar-refractivity contribution in [2.45, 2.75) is 26.7 Å². The monoisotopic (exact) mass is 242 g/mol. The number of rotatable bonds is 3. The summed E-state index contributed by atoms with van der Waals surface area (Å²) in [4.78, 5) is 9.07. The van der Waals surface area contributed by atoms with E-state index in [2.05, 4.69) is 29.2 Å². The first-order valence-electron chi connectivity index (χ1n) is 6.04. The van der Waals surface area contributed by atoms with Gasteiger partial charge >= 0.3 is 0 Å². The first-order valence-corrected chi connectivity index (χ1v) is 6.04. The van der Waals surface area contributed by atoms with E-state index in [9.17, 15) is 0 Å². The minimum Gasteiger partial charge on any atom is -0.308 e. The van der Waals surface area contributed by atoms with Crippen molar-refractivity contribution < 1.29 is 0 Å². The molecule has 4 heteroatoms. The summed E-state index contributed by atoms with van der Waals surface area (Å²) in [5, 5.41) is 0. The number of hydrazine groups is 1. The number of aromatic nitrogens is 2. The minimum atomic E-state index is 0.264. The maximum atomic E-state index is 5.53. The lowest BCUT2D eigenvalue weighted by Gasteiger charge is -2.13. The van der Waals surface area contributed by atoms with Gasteiger partial charge in [0.1, 0.15) is 11.6 Å². The van der Waals surface area contributed by atoms with Crippen LogP contribution < -0.4 is 11.3 Å². The number of benzene rings is 1. The van der Waals surface area contributed by atoms with E-state index in [0.29, 0.717) is 5.82 Å². The van der Waals surface area contributed by atoms with Gasteiger partial charge in [-0.3, -0.25) is 0 Å². The van der Waals surface area contributed by atoms with E-state index in [4.69, 9.17) is 5.84 Å². The van der Waals surface area contributed by atoms with Gasteiger partial charge in [0.05, 0.1) is 5.69 Å². The topological polar surface area (TPSA) is 63.8 Å². The van der Waals surface area contributed by atoms with Crippen LogP contribution in [-0.2, 0) is 0 Å². The maximum absolute atomic E-state index is 5.53.